The van der Waals surface area contributed by atoms with Gasteiger partial charge in [0.2, 0.25) is 0 Å². The van der Waals surface area contributed by atoms with Crippen molar-refractivity contribution in [3.05, 3.63) is 0 Å². The molecule has 0 saturated carbocycles. The molecule has 1 aliphatic heterocycles. The summed E-state index contributed by atoms with van der Waals surface area (Å²) in [5.74, 6) is 0. The number of piperidine rings is 1. The Labute approximate surface area is 95.8 Å². The van der Waals surface area contributed by atoms with E-state index in [9.17, 15) is 8.78 Å². The quantitative estimate of drug-likeness (QED) is 0.724. The van der Waals surface area contributed by atoms with E-state index in [1.807, 2.05) is 11.8 Å². The molecule has 1 unspecified atom stereocenters. The molecule has 0 amide bonds. The molecule has 0 radical (unpaired) electrons. The predicted octanol–water partition coefficient (Wildman–Crippen LogP) is 1.08. The number of halogens is 2. The normalized spacial score (nSPS) is 21.6. The summed E-state index contributed by atoms with van der Waals surface area (Å²) < 4.78 is 24.3. The van der Waals surface area contributed by atoms with Crippen LogP contribution in [0.25, 0.3) is 0 Å². The fourth-order valence-corrected chi connectivity index (χ4v) is 2.16. The van der Waals surface area contributed by atoms with Crippen LogP contribution in [0.2, 0.25) is 0 Å². The van der Waals surface area contributed by atoms with Crippen LogP contribution in [0.3, 0.4) is 0 Å². The number of nitrogens with zero attached hydrogens (tertiary/aromatic N) is 1. The summed E-state index contributed by atoms with van der Waals surface area (Å²) in [7, 11) is 0. The minimum atomic E-state index is -2.22. The highest BCUT2D eigenvalue weighted by Gasteiger charge is 2.21. The Hall–Kier alpha value is -0.260. The van der Waals surface area contributed by atoms with Gasteiger partial charge in [0.1, 0.15) is 0 Å². The second-order valence-corrected chi connectivity index (χ2v) is 4.55. The van der Waals surface area contributed by atoms with Gasteiger partial charge in [0.25, 0.3) is 6.43 Å². The zero-order chi connectivity index (χ0) is 12.0. The van der Waals surface area contributed by atoms with Crippen molar-refractivity contribution in [1.82, 2.24) is 10.2 Å². The molecule has 0 aromatic heterocycles. The average Bonchev–Trinajstić information content (AvgIpc) is 2.20. The summed E-state index contributed by atoms with van der Waals surface area (Å²) in [6.45, 7) is 3.63. The molecule has 1 saturated heterocycles. The molecular formula is C11H22F2N2O. The fourth-order valence-electron chi connectivity index (χ4n) is 2.16. The third-order valence-corrected chi connectivity index (χ3v) is 3.07. The lowest BCUT2D eigenvalue weighted by atomic mass is 10.0. The van der Waals surface area contributed by atoms with Crippen molar-refractivity contribution in [3.63, 3.8) is 0 Å². The third kappa shape index (κ3) is 5.18. The van der Waals surface area contributed by atoms with Crippen LogP contribution < -0.4 is 5.32 Å². The van der Waals surface area contributed by atoms with Crippen molar-refractivity contribution in [2.75, 3.05) is 26.2 Å². The first kappa shape index (κ1) is 13.8. The molecule has 0 aliphatic carbocycles. The van der Waals surface area contributed by atoms with Crippen LogP contribution in [0, 0.1) is 0 Å². The SMILES string of the molecule is CC(CCO)NC1CCN(CC(F)F)CC1. The summed E-state index contributed by atoms with van der Waals surface area (Å²) >= 11 is 0. The molecule has 1 rings (SSSR count). The molecule has 1 aliphatic rings. The Balaban J connectivity index is 2.16. The largest absolute Gasteiger partial charge is 0.396 e. The number of hydrogen-bond acceptors (Lipinski definition) is 3. The van der Waals surface area contributed by atoms with Gasteiger partial charge < -0.3 is 10.4 Å². The van der Waals surface area contributed by atoms with Gasteiger partial charge in [-0.3, -0.25) is 4.90 Å². The molecule has 0 aromatic carbocycles. The summed E-state index contributed by atoms with van der Waals surface area (Å²) in [6, 6.07) is 0.715. The van der Waals surface area contributed by atoms with Crippen molar-refractivity contribution in [2.45, 2.75) is 44.7 Å². The number of aliphatic hydroxyl groups excluding tert-OH is 1. The van der Waals surface area contributed by atoms with Gasteiger partial charge in [0, 0.05) is 18.7 Å². The third-order valence-electron chi connectivity index (χ3n) is 3.07. The van der Waals surface area contributed by atoms with Crippen LogP contribution in [0.1, 0.15) is 26.2 Å². The smallest absolute Gasteiger partial charge is 0.251 e. The van der Waals surface area contributed by atoms with Crippen molar-refractivity contribution >= 4 is 0 Å². The highest BCUT2D eigenvalue weighted by atomic mass is 19.3. The lowest BCUT2D eigenvalue weighted by Gasteiger charge is -2.33. The van der Waals surface area contributed by atoms with E-state index in [4.69, 9.17) is 5.11 Å². The molecule has 2 N–H and O–H groups in total. The van der Waals surface area contributed by atoms with E-state index in [1.54, 1.807) is 0 Å². The van der Waals surface area contributed by atoms with Crippen molar-refractivity contribution in [3.8, 4) is 0 Å². The van der Waals surface area contributed by atoms with Crippen LogP contribution in [-0.2, 0) is 0 Å². The lowest BCUT2D eigenvalue weighted by molar-refractivity contribution is 0.0718. The molecule has 0 bridgehead atoms. The van der Waals surface area contributed by atoms with Crippen LogP contribution in [0.5, 0.6) is 0 Å². The molecule has 3 nitrogen and oxygen atoms in total. The predicted molar refractivity (Wildman–Crippen MR) is 59.8 cm³/mol. The molecule has 0 spiro atoms. The Kier molecular flexibility index (Phi) is 6.16. The first-order chi connectivity index (χ1) is 7.61. The fraction of sp³-hybridized carbons (Fsp3) is 1.00. The maximum absolute atomic E-state index is 12.1. The second kappa shape index (κ2) is 7.14. The number of nitrogens with one attached hydrogen (secondary N) is 1. The van der Waals surface area contributed by atoms with Gasteiger partial charge in [-0.25, -0.2) is 8.78 Å². The van der Waals surface area contributed by atoms with Crippen molar-refractivity contribution in [1.29, 1.82) is 0 Å². The van der Waals surface area contributed by atoms with E-state index in [2.05, 4.69) is 5.32 Å². The summed E-state index contributed by atoms with van der Waals surface area (Å²) in [5, 5.41) is 12.2. The topological polar surface area (TPSA) is 35.5 Å². The van der Waals surface area contributed by atoms with Gasteiger partial charge in [-0.15, -0.1) is 0 Å². The number of hydrogen-bond donors (Lipinski definition) is 2. The Bertz CT molecular complexity index is 185. The number of likely N-dealkylation sites (tertiary alicyclic amines) is 1. The molecule has 0 aromatic rings. The Morgan fingerprint density at radius 2 is 2.00 bits per heavy atom. The van der Waals surface area contributed by atoms with E-state index < -0.39 is 6.43 Å². The van der Waals surface area contributed by atoms with E-state index in [1.165, 1.54) is 0 Å². The molecule has 1 fully saturated rings. The Morgan fingerprint density at radius 1 is 1.38 bits per heavy atom. The van der Waals surface area contributed by atoms with Gasteiger partial charge in [0.15, 0.2) is 0 Å². The zero-order valence-electron chi connectivity index (χ0n) is 9.83. The van der Waals surface area contributed by atoms with E-state index in [-0.39, 0.29) is 13.2 Å². The minimum absolute atomic E-state index is 0.0983. The molecular weight excluding hydrogens is 214 g/mol. The highest BCUT2D eigenvalue weighted by molar-refractivity contribution is 4.79. The van der Waals surface area contributed by atoms with Gasteiger partial charge >= 0.3 is 0 Å². The first-order valence-electron chi connectivity index (χ1n) is 5.99. The van der Waals surface area contributed by atoms with Crippen LogP contribution in [0.15, 0.2) is 0 Å². The van der Waals surface area contributed by atoms with E-state index in [0.29, 0.717) is 12.1 Å². The summed E-state index contributed by atoms with van der Waals surface area (Å²) in [6.07, 6.45) is 0.361. The van der Waals surface area contributed by atoms with Gasteiger partial charge in [-0.05, 0) is 39.3 Å². The monoisotopic (exact) mass is 236 g/mol. The number of alkyl halides is 2. The maximum Gasteiger partial charge on any atom is 0.251 e. The molecule has 1 heterocycles. The van der Waals surface area contributed by atoms with Crippen LogP contribution in [0.4, 0.5) is 8.78 Å². The summed E-state index contributed by atoms with van der Waals surface area (Å²) in [4.78, 5) is 1.82. The van der Waals surface area contributed by atoms with Crippen LogP contribution in [-0.4, -0.2) is 54.8 Å². The Morgan fingerprint density at radius 3 is 2.50 bits per heavy atom. The molecule has 96 valence electrons. The first-order valence-corrected chi connectivity index (χ1v) is 5.99. The molecule has 1 atom stereocenters. The van der Waals surface area contributed by atoms with E-state index >= 15 is 0 Å². The molecule has 5 heteroatoms. The molecule has 16 heavy (non-hydrogen) atoms. The van der Waals surface area contributed by atoms with E-state index in [0.717, 1.165) is 32.4 Å². The average molecular weight is 236 g/mol. The minimum Gasteiger partial charge on any atom is -0.396 e. The summed E-state index contributed by atoms with van der Waals surface area (Å²) in [5.41, 5.74) is 0. The number of aliphatic hydroxyl groups is 1. The van der Waals surface area contributed by atoms with Crippen molar-refractivity contribution in [2.24, 2.45) is 0 Å². The second-order valence-electron chi connectivity index (χ2n) is 4.55. The van der Waals surface area contributed by atoms with Gasteiger partial charge in [0.05, 0.1) is 6.54 Å². The maximum atomic E-state index is 12.1. The van der Waals surface area contributed by atoms with Gasteiger partial charge in [-0.1, -0.05) is 0 Å². The highest BCUT2D eigenvalue weighted by Crippen LogP contribution is 2.12. The van der Waals surface area contributed by atoms with Crippen LogP contribution >= 0.6 is 0 Å². The zero-order valence-corrected chi connectivity index (χ0v) is 9.83. The standard InChI is InChI=1S/C11H22F2N2O/c1-9(4-7-16)14-10-2-5-15(6-3-10)8-11(12)13/h9-11,14,16H,2-8H2,1H3. The van der Waals surface area contributed by atoms with Crippen molar-refractivity contribution < 1.29 is 13.9 Å². The lowest BCUT2D eigenvalue weighted by Crippen LogP contribution is -2.46. The van der Waals surface area contributed by atoms with Gasteiger partial charge in [-0.2, -0.15) is 0 Å². The number of rotatable bonds is 6.